The van der Waals surface area contributed by atoms with Gasteiger partial charge >= 0.3 is 0 Å². The van der Waals surface area contributed by atoms with Crippen LogP contribution in [0.2, 0.25) is 5.02 Å². The summed E-state index contributed by atoms with van der Waals surface area (Å²) in [7, 11) is 3.25. The molecule has 3 aromatic rings. The maximum absolute atomic E-state index is 13.3. The number of amidine groups is 1. The number of hydrogen-bond donors (Lipinski definition) is 0. The molecule has 162 valence electrons. The molecule has 7 heteroatoms. The summed E-state index contributed by atoms with van der Waals surface area (Å²) in [5, 5.41) is 1.27. The number of hydrogen-bond acceptors (Lipinski definition) is 5. The Hall–Kier alpha value is -3.22. The quantitative estimate of drug-likeness (QED) is 0.410. The second-order valence-corrected chi connectivity index (χ2v) is 8.44. The minimum atomic E-state index is -0.0898. The van der Waals surface area contributed by atoms with Gasteiger partial charge in [-0.05, 0) is 77.5 Å². The third-order valence-corrected chi connectivity index (χ3v) is 6.11. The summed E-state index contributed by atoms with van der Waals surface area (Å²) in [6.07, 6.45) is 1.86. The van der Waals surface area contributed by atoms with Gasteiger partial charge in [0.2, 0.25) is 0 Å². The smallest absolute Gasteiger partial charge is 0.267 e. The normalized spacial score (nSPS) is 16.1. The molecule has 1 amide bonds. The van der Waals surface area contributed by atoms with Crippen LogP contribution in [0.15, 0.2) is 82.7 Å². The largest absolute Gasteiger partial charge is 0.497 e. The van der Waals surface area contributed by atoms with E-state index >= 15 is 0 Å². The van der Waals surface area contributed by atoms with Crippen molar-refractivity contribution in [3.05, 3.63) is 93.9 Å². The van der Waals surface area contributed by atoms with Crippen LogP contribution in [0.4, 0.5) is 5.69 Å². The molecule has 0 unspecified atom stereocenters. The van der Waals surface area contributed by atoms with Gasteiger partial charge in [0.1, 0.15) is 11.5 Å². The molecule has 1 aliphatic rings. The number of ether oxygens (including phenoxy) is 2. The fraction of sp³-hybridized carbons (Fsp3) is 0.120. The molecule has 0 aromatic heterocycles. The number of methoxy groups -OCH3 is 2. The van der Waals surface area contributed by atoms with Crippen LogP contribution in [0.1, 0.15) is 11.1 Å². The Labute approximate surface area is 196 Å². The first-order valence-corrected chi connectivity index (χ1v) is 11.1. The van der Waals surface area contributed by atoms with Crippen molar-refractivity contribution in [3.63, 3.8) is 0 Å². The number of rotatable bonds is 6. The SMILES string of the molecule is COc1ccc(CN2C(=O)/C(=C/c3ccc(Cl)cc3)SC2=Nc2ccc(OC)cc2)cc1. The molecule has 0 bridgehead atoms. The Morgan fingerprint density at radius 3 is 2.09 bits per heavy atom. The van der Waals surface area contributed by atoms with Crippen molar-refractivity contribution in [1.29, 1.82) is 0 Å². The molecule has 5 nitrogen and oxygen atoms in total. The van der Waals surface area contributed by atoms with Crippen LogP contribution in [-0.4, -0.2) is 30.2 Å². The van der Waals surface area contributed by atoms with Crippen molar-refractivity contribution < 1.29 is 14.3 Å². The van der Waals surface area contributed by atoms with E-state index in [1.165, 1.54) is 11.8 Å². The van der Waals surface area contributed by atoms with E-state index in [-0.39, 0.29) is 5.91 Å². The Morgan fingerprint density at radius 2 is 1.50 bits per heavy atom. The zero-order valence-corrected chi connectivity index (χ0v) is 19.2. The van der Waals surface area contributed by atoms with Crippen LogP contribution in [0.25, 0.3) is 6.08 Å². The summed E-state index contributed by atoms with van der Waals surface area (Å²) in [4.78, 5) is 20.3. The molecule has 0 radical (unpaired) electrons. The molecule has 3 aromatic carbocycles. The highest BCUT2D eigenvalue weighted by Crippen LogP contribution is 2.35. The van der Waals surface area contributed by atoms with Crippen LogP contribution < -0.4 is 9.47 Å². The van der Waals surface area contributed by atoms with Crippen molar-refractivity contribution in [1.82, 2.24) is 4.90 Å². The van der Waals surface area contributed by atoms with Gasteiger partial charge < -0.3 is 9.47 Å². The number of amides is 1. The van der Waals surface area contributed by atoms with Gasteiger partial charge in [-0.15, -0.1) is 0 Å². The lowest BCUT2D eigenvalue weighted by Crippen LogP contribution is -2.28. The lowest BCUT2D eigenvalue weighted by atomic mass is 10.2. The highest BCUT2D eigenvalue weighted by Gasteiger charge is 2.33. The van der Waals surface area contributed by atoms with E-state index in [2.05, 4.69) is 0 Å². The molecule has 0 spiro atoms. The van der Waals surface area contributed by atoms with E-state index in [9.17, 15) is 4.79 Å². The highest BCUT2D eigenvalue weighted by molar-refractivity contribution is 8.18. The molecular formula is C25H21ClN2O3S. The summed E-state index contributed by atoms with van der Waals surface area (Å²) in [5.74, 6) is 1.43. The Bertz CT molecular complexity index is 1160. The number of carbonyl (C=O) groups is 1. The van der Waals surface area contributed by atoms with E-state index in [1.807, 2.05) is 66.7 Å². The second-order valence-electron chi connectivity index (χ2n) is 6.99. The third kappa shape index (κ3) is 5.15. The third-order valence-electron chi connectivity index (χ3n) is 4.85. The van der Waals surface area contributed by atoms with E-state index in [4.69, 9.17) is 26.1 Å². The first-order chi connectivity index (χ1) is 15.6. The van der Waals surface area contributed by atoms with Crippen molar-refractivity contribution >= 4 is 46.2 Å². The van der Waals surface area contributed by atoms with Crippen molar-refractivity contribution in [2.24, 2.45) is 4.99 Å². The van der Waals surface area contributed by atoms with E-state index < -0.39 is 0 Å². The van der Waals surface area contributed by atoms with Gasteiger partial charge in [-0.2, -0.15) is 0 Å². The lowest BCUT2D eigenvalue weighted by Gasteiger charge is -2.16. The maximum Gasteiger partial charge on any atom is 0.267 e. The second kappa shape index (κ2) is 9.94. The predicted molar refractivity (Wildman–Crippen MR) is 131 cm³/mol. The number of carbonyl (C=O) groups excluding carboxylic acids is 1. The molecule has 1 heterocycles. The highest BCUT2D eigenvalue weighted by atomic mass is 35.5. The minimum absolute atomic E-state index is 0.0898. The number of thioether (sulfide) groups is 1. The minimum Gasteiger partial charge on any atom is -0.497 e. The van der Waals surface area contributed by atoms with Crippen molar-refractivity contribution in [2.75, 3.05) is 14.2 Å². The van der Waals surface area contributed by atoms with Crippen LogP contribution in [0.3, 0.4) is 0 Å². The molecule has 0 aliphatic carbocycles. The predicted octanol–water partition coefficient (Wildman–Crippen LogP) is 6.16. The standard InChI is InChI=1S/C25H21ClN2O3S/c1-30-21-11-5-18(6-12-21)16-28-24(29)23(15-17-3-7-19(26)8-4-17)32-25(28)27-20-9-13-22(31-2)14-10-20/h3-15H,16H2,1-2H3/b23-15-,27-25?. The Kier molecular flexibility index (Phi) is 6.83. The summed E-state index contributed by atoms with van der Waals surface area (Å²) >= 11 is 7.35. The molecule has 32 heavy (non-hydrogen) atoms. The van der Waals surface area contributed by atoms with Crippen molar-refractivity contribution in [3.8, 4) is 11.5 Å². The van der Waals surface area contributed by atoms with E-state index in [0.717, 1.165) is 28.3 Å². The zero-order valence-electron chi connectivity index (χ0n) is 17.6. The van der Waals surface area contributed by atoms with Crippen LogP contribution >= 0.6 is 23.4 Å². The van der Waals surface area contributed by atoms with Crippen LogP contribution in [0, 0.1) is 0 Å². The summed E-state index contributed by atoms with van der Waals surface area (Å²) in [6.45, 7) is 0.406. The van der Waals surface area contributed by atoms with Crippen LogP contribution in [-0.2, 0) is 11.3 Å². The van der Waals surface area contributed by atoms with Gasteiger partial charge in [0.25, 0.3) is 5.91 Å². The first kappa shape index (κ1) is 22.0. The molecule has 1 aliphatic heterocycles. The zero-order chi connectivity index (χ0) is 22.5. The lowest BCUT2D eigenvalue weighted by molar-refractivity contribution is -0.122. The number of aliphatic imine (C=N–C) groups is 1. The maximum atomic E-state index is 13.3. The van der Waals surface area contributed by atoms with Crippen LogP contribution in [0.5, 0.6) is 11.5 Å². The fourth-order valence-electron chi connectivity index (χ4n) is 3.12. The molecule has 1 saturated heterocycles. The average molecular weight is 465 g/mol. The first-order valence-electron chi connectivity index (χ1n) is 9.88. The number of benzene rings is 3. The van der Waals surface area contributed by atoms with Gasteiger partial charge in [0, 0.05) is 5.02 Å². The summed E-state index contributed by atoms with van der Waals surface area (Å²) in [6, 6.07) is 22.5. The van der Waals surface area contributed by atoms with Crippen molar-refractivity contribution in [2.45, 2.75) is 6.54 Å². The summed E-state index contributed by atoms with van der Waals surface area (Å²) < 4.78 is 10.5. The Morgan fingerprint density at radius 1 is 0.906 bits per heavy atom. The molecule has 1 fully saturated rings. The Balaban J connectivity index is 1.66. The molecular weight excluding hydrogens is 444 g/mol. The summed E-state index contributed by atoms with van der Waals surface area (Å²) in [5.41, 5.74) is 2.63. The van der Waals surface area contributed by atoms with Gasteiger partial charge in [0.15, 0.2) is 5.17 Å². The number of halogens is 1. The fourth-order valence-corrected chi connectivity index (χ4v) is 4.25. The van der Waals surface area contributed by atoms with E-state index in [0.29, 0.717) is 21.6 Å². The molecule has 0 N–H and O–H groups in total. The topological polar surface area (TPSA) is 51.1 Å². The van der Waals surface area contributed by atoms with Gasteiger partial charge in [-0.1, -0.05) is 35.9 Å². The number of nitrogens with zero attached hydrogens (tertiary/aromatic N) is 2. The van der Waals surface area contributed by atoms with Gasteiger partial charge in [-0.25, -0.2) is 4.99 Å². The molecule has 0 atom stereocenters. The van der Waals surface area contributed by atoms with E-state index in [1.54, 1.807) is 31.3 Å². The van der Waals surface area contributed by atoms with Gasteiger partial charge in [0.05, 0.1) is 31.4 Å². The monoisotopic (exact) mass is 464 g/mol. The molecule has 0 saturated carbocycles. The van der Waals surface area contributed by atoms with Gasteiger partial charge in [-0.3, -0.25) is 9.69 Å². The average Bonchev–Trinajstić information content (AvgIpc) is 3.10. The molecule has 4 rings (SSSR count).